The van der Waals surface area contributed by atoms with Crippen molar-refractivity contribution in [2.45, 2.75) is 12.0 Å². The summed E-state index contributed by atoms with van der Waals surface area (Å²) in [5.74, 6) is 1.16. The third-order valence-electron chi connectivity index (χ3n) is 3.64. The molecule has 0 saturated carbocycles. The van der Waals surface area contributed by atoms with Crippen LogP contribution in [0.2, 0.25) is 0 Å². The smallest absolute Gasteiger partial charge is 0.222 e. The molecule has 2 aliphatic rings. The van der Waals surface area contributed by atoms with Gasteiger partial charge in [0.25, 0.3) is 0 Å². The van der Waals surface area contributed by atoms with E-state index < -0.39 is 0 Å². The van der Waals surface area contributed by atoms with Crippen molar-refractivity contribution < 1.29 is 9.47 Å². The van der Waals surface area contributed by atoms with E-state index in [2.05, 4.69) is 20.6 Å². The molecule has 1 spiro atoms. The maximum absolute atomic E-state index is 5.99. The van der Waals surface area contributed by atoms with E-state index in [-0.39, 0.29) is 5.60 Å². The van der Waals surface area contributed by atoms with Gasteiger partial charge in [0, 0.05) is 37.9 Å². The molecule has 6 heteroatoms. The van der Waals surface area contributed by atoms with E-state index in [0.29, 0.717) is 18.5 Å². The number of hydrogen-bond acceptors (Lipinski definition) is 6. The van der Waals surface area contributed by atoms with E-state index in [1.165, 1.54) is 0 Å². The van der Waals surface area contributed by atoms with Crippen molar-refractivity contribution in [3.8, 4) is 0 Å². The molecule has 2 N–H and O–H groups in total. The second-order valence-corrected chi connectivity index (χ2v) is 5.25. The van der Waals surface area contributed by atoms with Gasteiger partial charge in [-0.1, -0.05) is 0 Å². The first-order valence-electron chi connectivity index (χ1n) is 6.80. The highest BCUT2D eigenvalue weighted by molar-refractivity contribution is 5.22. The van der Waals surface area contributed by atoms with Crippen LogP contribution in [-0.2, 0) is 9.47 Å². The Bertz CT molecular complexity index is 393. The first kappa shape index (κ1) is 12.8. The molecule has 3 rings (SSSR count). The number of anilines is 1. The molecule has 2 fully saturated rings. The Kier molecular flexibility index (Phi) is 3.91. The highest BCUT2D eigenvalue weighted by atomic mass is 16.5. The van der Waals surface area contributed by atoms with Crippen LogP contribution in [0.5, 0.6) is 0 Å². The fourth-order valence-electron chi connectivity index (χ4n) is 2.69. The molecule has 104 valence electrons. The largest absolute Gasteiger partial charge is 0.377 e. The third-order valence-corrected chi connectivity index (χ3v) is 3.64. The Morgan fingerprint density at radius 3 is 3.21 bits per heavy atom. The van der Waals surface area contributed by atoms with Crippen molar-refractivity contribution in [3.05, 3.63) is 18.5 Å². The Hall–Kier alpha value is -1.24. The number of nitrogens with zero attached hydrogens (tertiary/aromatic N) is 2. The molecule has 0 unspecified atom stereocenters. The van der Waals surface area contributed by atoms with Gasteiger partial charge in [0.15, 0.2) is 0 Å². The number of ether oxygens (including phenoxy) is 2. The van der Waals surface area contributed by atoms with Gasteiger partial charge < -0.3 is 20.1 Å². The van der Waals surface area contributed by atoms with Crippen molar-refractivity contribution in [2.75, 3.05) is 44.8 Å². The lowest BCUT2D eigenvalue weighted by molar-refractivity contribution is -0.0471. The summed E-state index contributed by atoms with van der Waals surface area (Å²) in [6, 6.07) is 1.81. The molecule has 2 saturated heterocycles. The van der Waals surface area contributed by atoms with Gasteiger partial charge in [0.2, 0.25) is 5.95 Å². The van der Waals surface area contributed by atoms with Crippen molar-refractivity contribution in [1.29, 1.82) is 0 Å². The molecule has 0 amide bonds. The molecule has 0 bridgehead atoms. The monoisotopic (exact) mass is 264 g/mol. The van der Waals surface area contributed by atoms with Crippen LogP contribution in [0.3, 0.4) is 0 Å². The normalized spacial score (nSPS) is 31.3. The maximum Gasteiger partial charge on any atom is 0.222 e. The van der Waals surface area contributed by atoms with E-state index in [0.717, 1.165) is 39.3 Å². The van der Waals surface area contributed by atoms with Crippen LogP contribution in [0.25, 0.3) is 0 Å². The van der Waals surface area contributed by atoms with Crippen LogP contribution in [0, 0.1) is 5.92 Å². The third kappa shape index (κ3) is 3.20. The summed E-state index contributed by atoms with van der Waals surface area (Å²) < 4.78 is 11.6. The van der Waals surface area contributed by atoms with E-state index >= 15 is 0 Å². The standard InChI is InChI=1S/C13H20N4O2/c1-2-15-12(16-3-1)17-7-11-6-13(19-8-11)9-14-4-5-18-10-13/h1-3,11,14H,4-10H2,(H,15,16,17)/t11-,13-/m1/s1. The van der Waals surface area contributed by atoms with Gasteiger partial charge in [-0.2, -0.15) is 0 Å². The van der Waals surface area contributed by atoms with Gasteiger partial charge in [0.05, 0.1) is 19.8 Å². The van der Waals surface area contributed by atoms with Gasteiger partial charge in [-0.25, -0.2) is 9.97 Å². The van der Waals surface area contributed by atoms with Gasteiger partial charge in [-0.3, -0.25) is 0 Å². The summed E-state index contributed by atoms with van der Waals surface area (Å²) in [6.45, 7) is 4.86. The lowest BCUT2D eigenvalue weighted by Crippen LogP contribution is -2.42. The van der Waals surface area contributed by atoms with E-state index in [4.69, 9.17) is 9.47 Å². The lowest BCUT2D eigenvalue weighted by atomic mass is 9.95. The molecule has 1 aromatic heterocycles. The zero-order chi connectivity index (χ0) is 13.0. The SMILES string of the molecule is c1cnc(NC[C@@H]2CO[C@@]3(CNCCOC3)C2)nc1. The van der Waals surface area contributed by atoms with Crippen molar-refractivity contribution in [3.63, 3.8) is 0 Å². The zero-order valence-corrected chi connectivity index (χ0v) is 11.0. The average molecular weight is 264 g/mol. The summed E-state index contributed by atoms with van der Waals surface area (Å²) >= 11 is 0. The molecule has 0 aliphatic carbocycles. The lowest BCUT2D eigenvalue weighted by Gasteiger charge is -2.25. The molecule has 2 aliphatic heterocycles. The highest BCUT2D eigenvalue weighted by Crippen LogP contribution is 2.30. The van der Waals surface area contributed by atoms with Gasteiger partial charge in [-0.05, 0) is 12.5 Å². The molecular formula is C13H20N4O2. The maximum atomic E-state index is 5.99. The second kappa shape index (κ2) is 5.81. The fourth-order valence-corrected chi connectivity index (χ4v) is 2.69. The summed E-state index contributed by atoms with van der Waals surface area (Å²) in [6.07, 6.45) is 4.50. The molecular weight excluding hydrogens is 244 g/mol. The Morgan fingerprint density at radius 1 is 1.42 bits per heavy atom. The summed E-state index contributed by atoms with van der Waals surface area (Å²) in [5, 5.41) is 6.64. The van der Waals surface area contributed by atoms with Crippen molar-refractivity contribution >= 4 is 5.95 Å². The average Bonchev–Trinajstić information content (AvgIpc) is 2.70. The molecule has 0 radical (unpaired) electrons. The minimum absolute atomic E-state index is 0.139. The fraction of sp³-hybridized carbons (Fsp3) is 0.692. The highest BCUT2D eigenvalue weighted by Gasteiger charge is 2.41. The van der Waals surface area contributed by atoms with E-state index in [1.807, 2.05) is 6.07 Å². The molecule has 2 atom stereocenters. The van der Waals surface area contributed by atoms with Crippen LogP contribution in [0.1, 0.15) is 6.42 Å². The van der Waals surface area contributed by atoms with E-state index in [1.54, 1.807) is 12.4 Å². The molecule has 19 heavy (non-hydrogen) atoms. The molecule has 3 heterocycles. The summed E-state index contributed by atoms with van der Waals surface area (Å²) in [4.78, 5) is 8.32. The number of nitrogens with one attached hydrogen (secondary N) is 2. The molecule has 0 aromatic carbocycles. The molecule has 6 nitrogen and oxygen atoms in total. The Balaban J connectivity index is 1.51. The van der Waals surface area contributed by atoms with Crippen LogP contribution in [-0.4, -0.2) is 55.0 Å². The number of hydrogen-bond donors (Lipinski definition) is 2. The van der Waals surface area contributed by atoms with Crippen LogP contribution >= 0.6 is 0 Å². The quantitative estimate of drug-likeness (QED) is 0.817. The predicted octanol–water partition coefficient (Wildman–Crippen LogP) is 0.284. The zero-order valence-electron chi connectivity index (χ0n) is 11.0. The Morgan fingerprint density at radius 2 is 2.32 bits per heavy atom. The topological polar surface area (TPSA) is 68.3 Å². The van der Waals surface area contributed by atoms with Crippen LogP contribution in [0.15, 0.2) is 18.5 Å². The molecule has 1 aromatic rings. The van der Waals surface area contributed by atoms with Gasteiger partial charge in [0.1, 0.15) is 5.60 Å². The first-order chi connectivity index (χ1) is 9.36. The van der Waals surface area contributed by atoms with E-state index in [9.17, 15) is 0 Å². The van der Waals surface area contributed by atoms with Crippen molar-refractivity contribution in [1.82, 2.24) is 15.3 Å². The summed E-state index contributed by atoms with van der Waals surface area (Å²) in [7, 11) is 0. The first-order valence-corrected chi connectivity index (χ1v) is 6.80. The van der Waals surface area contributed by atoms with Gasteiger partial charge >= 0.3 is 0 Å². The minimum Gasteiger partial charge on any atom is -0.377 e. The Labute approximate surface area is 112 Å². The number of aromatic nitrogens is 2. The van der Waals surface area contributed by atoms with Crippen molar-refractivity contribution in [2.24, 2.45) is 5.92 Å². The van der Waals surface area contributed by atoms with Crippen LogP contribution in [0.4, 0.5) is 5.95 Å². The number of rotatable bonds is 3. The van der Waals surface area contributed by atoms with Crippen LogP contribution < -0.4 is 10.6 Å². The minimum atomic E-state index is -0.139. The second-order valence-electron chi connectivity index (χ2n) is 5.25. The predicted molar refractivity (Wildman–Crippen MR) is 71.0 cm³/mol. The summed E-state index contributed by atoms with van der Waals surface area (Å²) in [5.41, 5.74) is -0.139. The van der Waals surface area contributed by atoms with Gasteiger partial charge in [-0.15, -0.1) is 0 Å².